The van der Waals surface area contributed by atoms with Gasteiger partial charge in [0, 0.05) is 12.6 Å². The molecule has 13 heavy (non-hydrogen) atoms. The molecule has 1 aliphatic carbocycles. The van der Waals surface area contributed by atoms with Gasteiger partial charge in [-0.05, 0) is 12.8 Å². The molecule has 1 amide bonds. The van der Waals surface area contributed by atoms with E-state index in [4.69, 9.17) is 5.11 Å². The van der Waals surface area contributed by atoms with E-state index >= 15 is 0 Å². The number of aliphatic hydroxyl groups excluding tert-OH is 1. The SMILES string of the molecule is [O]CCN(C(=O)CO)C1CCCC1. The minimum Gasteiger partial charge on any atom is -0.387 e. The van der Waals surface area contributed by atoms with Crippen molar-refractivity contribution < 1.29 is 15.0 Å². The summed E-state index contributed by atoms with van der Waals surface area (Å²) in [6.07, 6.45) is 4.20. The molecule has 0 spiro atoms. The second kappa shape index (κ2) is 5.19. The molecule has 0 aromatic carbocycles. The number of carbonyl (C=O) groups excluding carboxylic acids is 1. The smallest absolute Gasteiger partial charge is 0.248 e. The first-order valence-corrected chi connectivity index (χ1v) is 4.78. The van der Waals surface area contributed by atoms with Crippen LogP contribution in [-0.2, 0) is 9.90 Å². The molecule has 0 aliphatic heterocycles. The second-order valence-corrected chi connectivity index (χ2v) is 3.39. The second-order valence-electron chi connectivity index (χ2n) is 3.39. The third kappa shape index (κ3) is 2.67. The Kier molecular flexibility index (Phi) is 4.18. The normalized spacial score (nSPS) is 17.7. The third-order valence-corrected chi connectivity index (χ3v) is 2.55. The fourth-order valence-corrected chi connectivity index (χ4v) is 1.92. The maximum Gasteiger partial charge on any atom is 0.248 e. The molecule has 0 unspecified atom stereocenters. The molecule has 4 nitrogen and oxygen atoms in total. The third-order valence-electron chi connectivity index (χ3n) is 2.55. The first-order valence-electron chi connectivity index (χ1n) is 4.78. The zero-order chi connectivity index (χ0) is 9.68. The van der Waals surface area contributed by atoms with Crippen molar-refractivity contribution >= 4 is 5.91 Å². The lowest BCUT2D eigenvalue weighted by atomic mass is 10.2. The molecule has 0 saturated heterocycles. The van der Waals surface area contributed by atoms with Crippen molar-refractivity contribution in [1.29, 1.82) is 0 Å². The quantitative estimate of drug-likeness (QED) is 0.680. The highest BCUT2D eigenvalue weighted by Gasteiger charge is 2.25. The first kappa shape index (κ1) is 10.5. The van der Waals surface area contributed by atoms with Crippen LogP contribution in [0.25, 0.3) is 0 Å². The predicted octanol–water partition coefficient (Wildman–Crippen LogP) is 0.180. The van der Waals surface area contributed by atoms with E-state index < -0.39 is 6.61 Å². The van der Waals surface area contributed by atoms with Gasteiger partial charge in [-0.3, -0.25) is 4.79 Å². The molecule has 75 valence electrons. The zero-order valence-corrected chi connectivity index (χ0v) is 7.74. The molecule has 1 aliphatic rings. The van der Waals surface area contributed by atoms with E-state index in [0.717, 1.165) is 25.7 Å². The number of carbonyl (C=O) groups is 1. The van der Waals surface area contributed by atoms with E-state index in [1.165, 1.54) is 0 Å². The molecule has 4 heteroatoms. The lowest BCUT2D eigenvalue weighted by Crippen LogP contribution is -2.42. The van der Waals surface area contributed by atoms with Gasteiger partial charge in [0.15, 0.2) is 0 Å². The molecule has 0 bridgehead atoms. The lowest BCUT2D eigenvalue weighted by molar-refractivity contribution is -0.137. The minimum absolute atomic E-state index is 0.202. The Morgan fingerprint density at radius 1 is 1.38 bits per heavy atom. The highest BCUT2D eigenvalue weighted by molar-refractivity contribution is 5.77. The van der Waals surface area contributed by atoms with Crippen LogP contribution in [0.1, 0.15) is 25.7 Å². The van der Waals surface area contributed by atoms with Crippen molar-refractivity contribution in [3.8, 4) is 0 Å². The highest BCUT2D eigenvalue weighted by atomic mass is 16.3. The van der Waals surface area contributed by atoms with Crippen LogP contribution in [-0.4, -0.2) is 41.7 Å². The number of amides is 1. The molecule has 1 saturated carbocycles. The topological polar surface area (TPSA) is 60.4 Å². The molecule has 1 rings (SSSR count). The molecule has 0 heterocycles. The van der Waals surface area contributed by atoms with Crippen LogP contribution < -0.4 is 0 Å². The van der Waals surface area contributed by atoms with Crippen molar-refractivity contribution in [2.75, 3.05) is 19.8 Å². The molecule has 1 fully saturated rings. The van der Waals surface area contributed by atoms with E-state index in [9.17, 15) is 9.90 Å². The largest absolute Gasteiger partial charge is 0.387 e. The highest BCUT2D eigenvalue weighted by Crippen LogP contribution is 2.23. The molecule has 1 N–H and O–H groups in total. The predicted molar refractivity (Wildman–Crippen MR) is 46.6 cm³/mol. The van der Waals surface area contributed by atoms with Crippen LogP contribution in [0.4, 0.5) is 0 Å². The van der Waals surface area contributed by atoms with Gasteiger partial charge in [-0.25, -0.2) is 5.11 Å². The van der Waals surface area contributed by atoms with Crippen LogP contribution in [0.3, 0.4) is 0 Å². The van der Waals surface area contributed by atoms with Crippen LogP contribution >= 0.6 is 0 Å². The van der Waals surface area contributed by atoms with Gasteiger partial charge in [-0.15, -0.1) is 0 Å². The van der Waals surface area contributed by atoms with Crippen LogP contribution in [0.2, 0.25) is 0 Å². The summed E-state index contributed by atoms with van der Waals surface area (Å²) in [5.41, 5.74) is 0. The Hall–Kier alpha value is -0.610. The average molecular weight is 186 g/mol. The Bertz CT molecular complexity index is 166. The van der Waals surface area contributed by atoms with Gasteiger partial charge in [0.1, 0.15) is 6.61 Å². The number of hydrogen-bond donors (Lipinski definition) is 1. The van der Waals surface area contributed by atoms with E-state index in [1.54, 1.807) is 4.90 Å². The van der Waals surface area contributed by atoms with E-state index in [0.29, 0.717) is 0 Å². The van der Waals surface area contributed by atoms with Gasteiger partial charge < -0.3 is 10.0 Å². The monoisotopic (exact) mass is 186 g/mol. The minimum atomic E-state index is -0.476. The number of aliphatic hydroxyl groups is 1. The van der Waals surface area contributed by atoms with Crippen molar-refractivity contribution in [1.82, 2.24) is 4.90 Å². The lowest BCUT2D eigenvalue weighted by Gasteiger charge is -2.27. The summed E-state index contributed by atoms with van der Waals surface area (Å²) in [6.45, 7) is -0.511. The van der Waals surface area contributed by atoms with Crippen molar-refractivity contribution in [3.05, 3.63) is 0 Å². The van der Waals surface area contributed by atoms with E-state index in [1.807, 2.05) is 0 Å². The van der Waals surface area contributed by atoms with Gasteiger partial charge in [0.05, 0.1) is 6.61 Å². The first-order chi connectivity index (χ1) is 6.29. The Morgan fingerprint density at radius 3 is 2.46 bits per heavy atom. The number of nitrogens with zero attached hydrogens (tertiary/aromatic N) is 1. The Labute approximate surface area is 78.2 Å². The van der Waals surface area contributed by atoms with Gasteiger partial charge in [-0.2, -0.15) is 0 Å². The summed E-state index contributed by atoms with van der Waals surface area (Å²) in [5.74, 6) is -0.303. The van der Waals surface area contributed by atoms with Gasteiger partial charge in [-0.1, -0.05) is 12.8 Å². The van der Waals surface area contributed by atoms with Gasteiger partial charge in [0.2, 0.25) is 5.91 Å². The Morgan fingerprint density at radius 2 is 2.00 bits per heavy atom. The Balaban J connectivity index is 2.49. The molecule has 0 atom stereocenters. The van der Waals surface area contributed by atoms with Crippen molar-refractivity contribution in [3.63, 3.8) is 0 Å². The van der Waals surface area contributed by atoms with Crippen molar-refractivity contribution in [2.24, 2.45) is 0 Å². The summed E-state index contributed by atoms with van der Waals surface area (Å²) in [7, 11) is 0. The summed E-state index contributed by atoms with van der Waals surface area (Å²) < 4.78 is 0. The fourth-order valence-electron chi connectivity index (χ4n) is 1.92. The zero-order valence-electron chi connectivity index (χ0n) is 7.74. The summed E-state index contributed by atoms with van der Waals surface area (Å²) in [5, 5.41) is 19.1. The maximum atomic E-state index is 11.2. The van der Waals surface area contributed by atoms with Crippen LogP contribution in [0, 0.1) is 0 Å². The van der Waals surface area contributed by atoms with E-state index in [2.05, 4.69) is 0 Å². The average Bonchev–Trinajstić information content (AvgIpc) is 2.65. The fraction of sp³-hybridized carbons (Fsp3) is 0.889. The van der Waals surface area contributed by atoms with Gasteiger partial charge in [0.25, 0.3) is 0 Å². The molecular weight excluding hydrogens is 170 g/mol. The van der Waals surface area contributed by atoms with Crippen LogP contribution in [0.15, 0.2) is 0 Å². The van der Waals surface area contributed by atoms with Gasteiger partial charge >= 0.3 is 0 Å². The number of hydrogen-bond acceptors (Lipinski definition) is 2. The number of rotatable bonds is 4. The molecular formula is C9H16NO3. The molecule has 1 radical (unpaired) electrons. The summed E-state index contributed by atoms with van der Waals surface area (Å²) in [6, 6.07) is 0.202. The summed E-state index contributed by atoms with van der Waals surface area (Å²) in [4.78, 5) is 12.8. The summed E-state index contributed by atoms with van der Waals surface area (Å²) >= 11 is 0. The standard InChI is InChI=1S/C9H16NO3/c11-6-5-10(9(13)7-12)8-3-1-2-4-8/h8,12H,1-7H2. The van der Waals surface area contributed by atoms with Crippen LogP contribution in [0.5, 0.6) is 0 Å². The molecule has 0 aromatic rings. The maximum absolute atomic E-state index is 11.2. The van der Waals surface area contributed by atoms with E-state index in [-0.39, 0.29) is 25.1 Å². The van der Waals surface area contributed by atoms with Crippen molar-refractivity contribution in [2.45, 2.75) is 31.7 Å². The molecule has 0 aromatic heterocycles.